The van der Waals surface area contributed by atoms with Gasteiger partial charge in [0.2, 0.25) is 5.91 Å². The minimum Gasteiger partial charge on any atom is -0.336 e. The summed E-state index contributed by atoms with van der Waals surface area (Å²) in [4.78, 5) is 16.2. The molecule has 0 aliphatic carbocycles. The average molecular weight is 376 g/mol. The standard InChI is InChI=1S/C19H21NO3S2/c21-19(13-16-5-4-10-24-16)20-14-8-9-15(20)12-18(11-14)25(22,23)17-6-2-1-3-7-17/h1-7,10,14-15,18H,8-9,11-13H2/t14-,15+,18?. The fraction of sp³-hybridized carbons (Fsp3) is 0.421. The van der Waals surface area contributed by atoms with E-state index in [9.17, 15) is 13.2 Å². The number of thiophene rings is 1. The lowest BCUT2D eigenvalue weighted by Gasteiger charge is -2.38. The predicted molar refractivity (Wildman–Crippen MR) is 98.3 cm³/mol. The van der Waals surface area contributed by atoms with Crippen molar-refractivity contribution in [2.75, 3.05) is 0 Å². The van der Waals surface area contributed by atoms with Gasteiger partial charge in [-0.25, -0.2) is 8.42 Å². The molecule has 4 rings (SSSR count). The van der Waals surface area contributed by atoms with Gasteiger partial charge in [-0.2, -0.15) is 0 Å². The van der Waals surface area contributed by atoms with Crippen molar-refractivity contribution in [3.8, 4) is 0 Å². The van der Waals surface area contributed by atoms with Crippen LogP contribution in [0.4, 0.5) is 0 Å². The van der Waals surface area contributed by atoms with Gasteiger partial charge in [0.1, 0.15) is 0 Å². The van der Waals surface area contributed by atoms with Crippen LogP contribution in [0.25, 0.3) is 0 Å². The molecule has 3 atom stereocenters. The van der Waals surface area contributed by atoms with Gasteiger partial charge in [-0.1, -0.05) is 24.3 Å². The molecule has 25 heavy (non-hydrogen) atoms. The zero-order valence-corrected chi connectivity index (χ0v) is 15.5. The molecule has 1 aromatic heterocycles. The Hall–Kier alpha value is -1.66. The first-order valence-electron chi connectivity index (χ1n) is 8.68. The molecule has 2 fully saturated rings. The summed E-state index contributed by atoms with van der Waals surface area (Å²) >= 11 is 1.60. The number of hydrogen-bond acceptors (Lipinski definition) is 4. The zero-order valence-electron chi connectivity index (χ0n) is 13.9. The maximum absolute atomic E-state index is 12.9. The second kappa shape index (κ2) is 6.57. The van der Waals surface area contributed by atoms with Crippen LogP contribution < -0.4 is 0 Å². The summed E-state index contributed by atoms with van der Waals surface area (Å²) < 4.78 is 25.9. The van der Waals surface area contributed by atoms with Gasteiger partial charge in [0, 0.05) is 17.0 Å². The van der Waals surface area contributed by atoms with Crippen LogP contribution in [-0.2, 0) is 21.1 Å². The minimum atomic E-state index is -3.32. The van der Waals surface area contributed by atoms with E-state index in [0.717, 1.165) is 17.7 Å². The Morgan fingerprint density at radius 1 is 1.04 bits per heavy atom. The second-order valence-corrected chi connectivity index (χ2v) is 10.2. The highest BCUT2D eigenvalue weighted by Crippen LogP contribution is 2.40. The Bertz CT molecular complexity index is 832. The molecule has 1 amide bonds. The molecule has 2 bridgehead atoms. The van der Waals surface area contributed by atoms with Gasteiger partial charge in [0.15, 0.2) is 9.84 Å². The highest BCUT2D eigenvalue weighted by atomic mass is 32.2. The molecule has 0 saturated carbocycles. The Kier molecular flexibility index (Phi) is 4.41. The van der Waals surface area contributed by atoms with Crippen molar-refractivity contribution in [3.05, 3.63) is 52.7 Å². The van der Waals surface area contributed by atoms with Gasteiger partial charge in [-0.3, -0.25) is 4.79 Å². The molecule has 2 aliphatic heterocycles. The number of amides is 1. The quantitative estimate of drug-likeness (QED) is 0.824. The fourth-order valence-electron chi connectivity index (χ4n) is 4.24. The van der Waals surface area contributed by atoms with E-state index in [4.69, 9.17) is 0 Å². The molecule has 0 radical (unpaired) electrons. The second-order valence-electron chi connectivity index (χ2n) is 6.89. The number of fused-ring (bicyclic) bond motifs is 2. The molecule has 2 aromatic rings. The molecule has 2 aliphatic rings. The molecule has 1 unspecified atom stereocenters. The molecule has 132 valence electrons. The molecular formula is C19H21NO3S2. The molecule has 2 saturated heterocycles. The number of nitrogens with zero attached hydrogens (tertiary/aromatic N) is 1. The summed E-state index contributed by atoms with van der Waals surface area (Å²) in [6.45, 7) is 0. The van der Waals surface area contributed by atoms with E-state index in [-0.39, 0.29) is 23.2 Å². The van der Waals surface area contributed by atoms with E-state index in [1.807, 2.05) is 28.5 Å². The van der Waals surface area contributed by atoms with Crippen LogP contribution in [0.15, 0.2) is 52.7 Å². The topological polar surface area (TPSA) is 54.5 Å². The van der Waals surface area contributed by atoms with Crippen molar-refractivity contribution in [1.82, 2.24) is 4.90 Å². The summed E-state index contributed by atoms with van der Waals surface area (Å²) in [5.74, 6) is 0.144. The van der Waals surface area contributed by atoms with Gasteiger partial charge in [-0.15, -0.1) is 11.3 Å². The molecule has 0 N–H and O–H groups in total. The smallest absolute Gasteiger partial charge is 0.228 e. The summed E-state index contributed by atoms with van der Waals surface area (Å²) in [5.41, 5.74) is 0. The summed E-state index contributed by atoms with van der Waals surface area (Å²) in [7, 11) is -3.32. The summed E-state index contributed by atoms with van der Waals surface area (Å²) in [5, 5.41) is 1.61. The van der Waals surface area contributed by atoms with Crippen LogP contribution in [0.5, 0.6) is 0 Å². The lowest BCUT2D eigenvalue weighted by Crippen LogP contribution is -2.50. The number of benzene rings is 1. The van der Waals surface area contributed by atoms with Gasteiger partial charge in [-0.05, 0) is 49.3 Å². The summed E-state index contributed by atoms with van der Waals surface area (Å²) in [6, 6.07) is 12.8. The lowest BCUT2D eigenvalue weighted by atomic mass is 10.0. The van der Waals surface area contributed by atoms with Crippen LogP contribution in [0, 0.1) is 0 Å². The van der Waals surface area contributed by atoms with Crippen LogP contribution >= 0.6 is 11.3 Å². The molecule has 4 nitrogen and oxygen atoms in total. The number of piperidine rings is 1. The van der Waals surface area contributed by atoms with Gasteiger partial charge < -0.3 is 4.90 Å². The number of carbonyl (C=O) groups excluding carboxylic acids is 1. The van der Waals surface area contributed by atoms with Crippen LogP contribution in [0.3, 0.4) is 0 Å². The van der Waals surface area contributed by atoms with Crippen LogP contribution in [-0.4, -0.2) is 36.6 Å². The van der Waals surface area contributed by atoms with E-state index in [1.165, 1.54) is 0 Å². The summed E-state index contributed by atoms with van der Waals surface area (Å²) in [6.07, 6.45) is 3.39. The monoisotopic (exact) mass is 375 g/mol. The zero-order chi connectivity index (χ0) is 17.4. The maximum atomic E-state index is 12.9. The van der Waals surface area contributed by atoms with Crippen molar-refractivity contribution in [3.63, 3.8) is 0 Å². The molecule has 1 aromatic carbocycles. The average Bonchev–Trinajstić information content (AvgIpc) is 3.21. The SMILES string of the molecule is O=C(Cc1cccs1)N1[C@@H]2CC[C@H]1CC(S(=O)(=O)c1ccccc1)C2. The highest BCUT2D eigenvalue weighted by Gasteiger charge is 2.46. The molecular weight excluding hydrogens is 354 g/mol. The minimum absolute atomic E-state index is 0.0645. The van der Waals surface area contributed by atoms with Crippen LogP contribution in [0.2, 0.25) is 0 Å². The van der Waals surface area contributed by atoms with E-state index in [1.54, 1.807) is 35.6 Å². The number of sulfone groups is 1. The van der Waals surface area contributed by atoms with Crippen molar-refractivity contribution in [2.45, 2.75) is 54.3 Å². The Balaban J connectivity index is 1.51. The third-order valence-corrected chi connectivity index (χ3v) is 8.46. The highest BCUT2D eigenvalue weighted by molar-refractivity contribution is 7.92. The Labute approximate surface area is 152 Å². The molecule has 3 heterocycles. The Morgan fingerprint density at radius 2 is 1.72 bits per heavy atom. The van der Waals surface area contributed by atoms with Crippen molar-refractivity contribution in [1.29, 1.82) is 0 Å². The van der Waals surface area contributed by atoms with E-state index in [2.05, 4.69) is 0 Å². The molecule has 0 spiro atoms. The number of hydrogen-bond donors (Lipinski definition) is 0. The number of carbonyl (C=O) groups is 1. The van der Waals surface area contributed by atoms with Crippen molar-refractivity contribution in [2.24, 2.45) is 0 Å². The van der Waals surface area contributed by atoms with Gasteiger partial charge >= 0.3 is 0 Å². The van der Waals surface area contributed by atoms with Gasteiger partial charge in [0.05, 0.1) is 16.6 Å². The molecule has 6 heteroatoms. The van der Waals surface area contributed by atoms with Crippen molar-refractivity contribution >= 4 is 27.1 Å². The first-order valence-corrected chi connectivity index (χ1v) is 11.1. The first kappa shape index (κ1) is 16.8. The Morgan fingerprint density at radius 3 is 2.32 bits per heavy atom. The largest absolute Gasteiger partial charge is 0.336 e. The van der Waals surface area contributed by atoms with E-state index >= 15 is 0 Å². The van der Waals surface area contributed by atoms with E-state index in [0.29, 0.717) is 24.2 Å². The number of rotatable bonds is 4. The fourth-order valence-corrected chi connectivity index (χ4v) is 6.81. The maximum Gasteiger partial charge on any atom is 0.228 e. The lowest BCUT2D eigenvalue weighted by molar-refractivity contribution is -0.134. The predicted octanol–water partition coefficient (Wildman–Crippen LogP) is 3.29. The van der Waals surface area contributed by atoms with Crippen molar-refractivity contribution < 1.29 is 13.2 Å². The normalized spacial score (nSPS) is 25.9. The van der Waals surface area contributed by atoms with E-state index < -0.39 is 9.84 Å². The van der Waals surface area contributed by atoms with Crippen LogP contribution in [0.1, 0.15) is 30.6 Å². The third-order valence-electron chi connectivity index (χ3n) is 5.39. The third kappa shape index (κ3) is 3.13. The first-order chi connectivity index (χ1) is 12.1. The van der Waals surface area contributed by atoms with Gasteiger partial charge in [0.25, 0.3) is 0 Å².